The lowest BCUT2D eigenvalue weighted by atomic mass is 10.1. The van der Waals surface area contributed by atoms with Gasteiger partial charge in [0.05, 0.1) is 6.10 Å². The fraction of sp³-hybridized carbons (Fsp3) is 0.533. The highest BCUT2D eigenvalue weighted by atomic mass is 16.5. The van der Waals surface area contributed by atoms with E-state index in [-0.39, 0.29) is 12.5 Å². The zero-order chi connectivity index (χ0) is 14.8. The second-order valence-electron chi connectivity index (χ2n) is 4.48. The van der Waals surface area contributed by atoms with Crippen LogP contribution in [-0.2, 0) is 9.53 Å². The van der Waals surface area contributed by atoms with Crippen LogP contribution in [0.5, 0.6) is 5.75 Å². The van der Waals surface area contributed by atoms with Gasteiger partial charge >= 0.3 is 0 Å². The predicted molar refractivity (Wildman–Crippen MR) is 76.7 cm³/mol. The Morgan fingerprint density at radius 1 is 1.35 bits per heavy atom. The van der Waals surface area contributed by atoms with E-state index in [9.17, 15) is 9.90 Å². The maximum Gasteiger partial charge on any atom is 0.257 e. The number of aliphatic hydroxyl groups is 1. The molecule has 112 valence electrons. The molecule has 0 aliphatic carbocycles. The minimum absolute atomic E-state index is 0.0112. The summed E-state index contributed by atoms with van der Waals surface area (Å²) in [5.74, 6) is 0.461. The van der Waals surface area contributed by atoms with Gasteiger partial charge in [-0.3, -0.25) is 4.79 Å². The molecule has 0 radical (unpaired) electrons. The third-order valence-electron chi connectivity index (χ3n) is 2.87. The number of ether oxygens (including phenoxy) is 2. The summed E-state index contributed by atoms with van der Waals surface area (Å²) in [6.45, 7) is 3.12. The highest BCUT2D eigenvalue weighted by molar-refractivity contribution is 5.77. The maximum atomic E-state index is 11.5. The van der Waals surface area contributed by atoms with Crippen LogP contribution in [0, 0.1) is 0 Å². The van der Waals surface area contributed by atoms with Crippen molar-refractivity contribution in [2.75, 3.05) is 26.9 Å². The number of hydrogen-bond acceptors (Lipinski definition) is 4. The molecule has 1 atom stereocenters. The predicted octanol–water partition coefficient (Wildman–Crippen LogP) is 1.66. The molecule has 0 bridgehead atoms. The van der Waals surface area contributed by atoms with E-state index in [0.717, 1.165) is 12.0 Å². The largest absolute Gasteiger partial charge is 0.484 e. The van der Waals surface area contributed by atoms with Crippen LogP contribution in [0.3, 0.4) is 0 Å². The molecule has 0 fully saturated rings. The normalized spacial score (nSPS) is 11.9. The lowest BCUT2D eigenvalue weighted by molar-refractivity contribution is -0.123. The lowest BCUT2D eigenvalue weighted by Crippen LogP contribution is -2.30. The average molecular weight is 281 g/mol. The van der Waals surface area contributed by atoms with Crippen molar-refractivity contribution in [3.05, 3.63) is 29.8 Å². The standard InChI is InChI=1S/C15H23NO4/c1-3-14(17)12-5-7-13(8-6-12)20-11-15(18)16-9-4-10-19-2/h5-8,14,17H,3-4,9-11H2,1-2H3,(H,16,18). The Labute approximate surface area is 119 Å². The van der Waals surface area contributed by atoms with Crippen LogP contribution in [-0.4, -0.2) is 37.9 Å². The van der Waals surface area contributed by atoms with E-state index in [1.807, 2.05) is 6.92 Å². The summed E-state index contributed by atoms with van der Waals surface area (Å²) < 4.78 is 10.3. The third kappa shape index (κ3) is 6.04. The number of benzene rings is 1. The first-order chi connectivity index (χ1) is 9.67. The number of nitrogens with one attached hydrogen (secondary N) is 1. The number of hydrogen-bond donors (Lipinski definition) is 2. The molecule has 0 aromatic heterocycles. The molecule has 0 aliphatic heterocycles. The van der Waals surface area contributed by atoms with Gasteiger partial charge in [-0.1, -0.05) is 19.1 Å². The summed E-state index contributed by atoms with van der Waals surface area (Å²) >= 11 is 0. The van der Waals surface area contributed by atoms with E-state index >= 15 is 0 Å². The molecule has 1 aromatic carbocycles. The Morgan fingerprint density at radius 3 is 2.65 bits per heavy atom. The molecule has 5 heteroatoms. The van der Waals surface area contributed by atoms with Gasteiger partial charge in [-0.25, -0.2) is 0 Å². The Hall–Kier alpha value is -1.59. The van der Waals surface area contributed by atoms with Gasteiger partial charge in [0.1, 0.15) is 5.75 Å². The van der Waals surface area contributed by atoms with Crippen LogP contribution in [0.15, 0.2) is 24.3 Å². The second kappa shape index (κ2) is 9.34. The molecule has 20 heavy (non-hydrogen) atoms. The topological polar surface area (TPSA) is 67.8 Å². The van der Waals surface area contributed by atoms with Crippen molar-refractivity contribution in [1.82, 2.24) is 5.32 Å². The fourth-order valence-corrected chi connectivity index (χ4v) is 1.67. The van der Waals surface area contributed by atoms with Crippen LogP contribution in [0.4, 0.5) is 0 Å². The van der Waals surface area contributed by atoms with Crippen molar-refractivity contribution in [2.24, 2.45) is 0 Å². The van der Waals surface area contributed by atoms with Crippen molar-refractivity contribution in [3.63, 3.8) is 0 Å². The van der Waals surface area contributed by atoms with E-state index in [1.54, 1.807) is 31.4 Å². The van der Waals surface area contributed by atoms with Gasteiger partial charge in [-0.2, -0.15) is 0 Å². The summed E-state index contributed by atoms with van der Waals surface area (Å²) in [5.41, 5.74) is 0.851. The number of carbonyl (C=O) groups excluding carboxylic acids is 1. The minimum Gasteiger partial charge on any atom is -0.484 e. The monoisotopic (exact) mass is 281 g/mol. The van der Waals surface area contributed by atoms with E-state index in [0.29, 0.717) is 25.3 Å². The molecule has 1 amide bonds. The smallest absolute Gasteiger partial charge is 0.257 e. The molecule has 1 rings (SSSR count). The number of carbonyl (C=O) groups is 1. The molecule has 1 aromatic rings. The van der Waals surface area contributed by atoms with E-state index in [4.69, 9.17) is 9.47 Å². The molecular weight excluding hydrogens is 258 g/mol. The van der Waals surface area contributed by atoms with Crippen molar-refractivity contribution < 1.29 is 19.4 Å². The fourth-order valence-electron chi connectivity index (χ4n) is 1.67. The second-order valence-corrected chi connectivity index (χ2v) is 4.48. The zero-order valence-electron chi connectivity index (χ0n) is 12.1. The van der Waals surface area contributed by atoms with Crippen molar-refractivity contribution in [1.29, 1.82) is 0 Å². The molecule has 0 spiro atoms. The van der Waals surface area contributed by atoms with Crippen molar-refractivity contribution in [3.8, 4) is 5.75 Å². The summed E-state index contributed by atoms with van der Waals surface area (Å²) in [6, 6.07) is 7.12. The van der Waals surface area contributed by atoms with Gasteiger partial charge in [0.2, 0.25) is 0 Å². The molecule has 0 heterocycles. The zero-order valence-corrected chi connectivity index (χ0v) is 12.1. The van der Waals surface area contributed by atoms with Gasteiger partial charge in [0, 0.05) is 20.3 Å². The summed E-state index contributed by atoms with van der Waals surface area (Å²) in [6.07, 6.45) is 1.00. The van der Waals surface area contributed by atoms with Crippen LogP contribution >= 0.6 is 0 Å². The molecular formula is C15H23NO4. The molecule has 0 aliphatic rings. The maximum absolute atomic E-state index is 11.5. The first kappa shape index (κ1) is 16.5. The SMILES string of the molecule is CCC(O)c1ccc(OCC(=O)NCCCOC)cc1. The lowest BCUT2D eigenvalue weighted by Gasteiger charge is -2.10. The minimum atomic E-state index is -0.451. The van der Waals surface area contributed by atoms with E-state index < -0.39 is 6.10 Å². The van der Waals surface area contributed by atoms with Crippen molar-refractivity contribution in [2.45, 2.75) is 25.9 Å². The molecule has 5 nitrogen and oxygen atoms in total. The highest BCUT2D eigenvalue weighted by Crippen LogP contribution is 2.19. The van der Waals surface area contributed by atoms with Crippen LogP contribution < -0.4 is 10.1 Å². The number of methoxy groups -OCH3 is 1. The average Bonchev–Trinajstić information content (AvgIpc) is 2.49. The van der Waals surface area contributed by atoms with Crippen LogP contribution in [0.2, 0.25) is 0 Å². The van der Waals surface area contributed by atoms with Gasteiger partial charge in [-0.15, -0.1) is 0 Å². The summed E-state index contributed by atoms with van der Waals surface area (Å²) in [4.78, 5) is 11.5. The van der Waals surface area contributed by atoms with Gasteiger partial charge in [0.15, 0.2) is 6.61 Å². The van der Waals surface area contributed by atoms with E-state index in [1.165, 1.54) is 0 Å². The quantitative estimate of drug-likeness (QED) is 0.676. The van der Waals surface area contributed by atoms with Crippen LogP contribution in [0.1, 0.15) is 31.4 Å². The molecule has 0 saturated heterocycles. The Balaban J connectivity index is 2.29. The van der Waals surface area contributed by atoms with E-state index in [2.05, 4.69) is 5.32 Å². The van der Waals surface area contributed by atoms with Gasteiger partial charge in [-0.05, 0) is 30.5 Å². The Morgan fingerprint density at radius 2 is 2.05 bits per heavy atom. The summed E-state index contributed by atoms with van der Waals surface area (Å²) in [5, 5.41) is 12.4. The number of aliphatic hydroxyl groups excluding tert-OH is 1. The molecule has 0 saturated carbocycles. The first-order valence-corrected chi connectivity index (χ1v) is 6.83. The number of rotatable bonds is 9. The highest BCUT2D eigenvalue weighted by Gasteiger charge is 2.05. The third-order valence-corrected chi connectivity index (χ3v) is 2.87. The number of amides is 1. The van der Waals surface area contributed by atoms with Crippen molar-refractivity contribution >= 4 is 5.91 Å². The molecule has 1 unspecified atom stereocenters. The molecule has 2 N–H and O–H groups in total. The van der Waals surface area contributed by atoms with Gasteiger partial charge < -0.3 is 19.9 Å². The van der Waals surface area contributed by atoms with Crippen LogP contribution in [0.25, 0.3) is 0 Å². The summed E-state index contributed by atoms with van der Waals surface area (Å²) in [7, 11) is 1.63. The first-order valence-electron chi connectivity index (χ1n) is 6.83. The Bertz CT molecular complexity index is 391. The van der Waals surface area contributed by atoms with Gasteiger partial charge in [0.25, 0.3) is 5.91 Å². The Kier molecular flexibility index (Phi) is 7.69.